The van der Waals surface area contributed by atoms with Gasteiger partial charge in [0.1, 0.15) is 0 Å². The average molecular weight is 199 g/mol. The Morgan fingerprint density at radius 3 is 2.27 bits per heavy atom. The molecule has 2 N–H and O–H groups in total. The lowest BCUT2D eigenvalue weighted by molar-refractivity contribution is 0.338. The monoisotopic (exact) mass is 198 g/mol. The zero-order chi connectivity index (χ0) is 6.32. The van der Waals surface area contributed by atoms with Crippen molar-refractivity contribution in [3.63, 3.8) is 0 Å². The highest BCUT2D eigenvalue weighted by Crippen LogP contribution is 2.36. The largest absolute Gasteiger partial charge is 0.313 e. The van der Waals surface area contributed by atoms with Gasteiger partial charge in [-0.3, -0.25) is 0 Å². The molecule has 1 saturated carbocycles. The number of nitrogens with one attached hydrogen (secondary N) is 2. The van der Waals surface area contributed by atoms with Crippen molar-refractivity contribution in [3.05, 3.63) is 0 Å². The molecule has 1 heterocycles. The van der Waals surface area contributed by atoms with Crippen LogP contribution in [-0.2, 0) is 0 Å². The molecule has 0 aromatic heterocycles. The van der Waals surface area contributed by atoms with Crippen LogP contribution in [0.2, 0.25) is 0 Å². The second-order valence-electron chi connectivity index (χ2n) is 3.46. The van der Waals surface area contributed by atoms with Crippen molar-refractivity contribution in [2.24, 2.45) is 0 Å². The van der Waals surface area contributed by atoms with Crippen LogP contribution >= 0.6 is 24.8 Å². The quantitative estimate of drug-likeness (QED) is 0.606. The molecule has 68 valence electrons. The third kappa shape index (κ3) is 2.48. The molecule has 0 aromatic carbocycles. The third-order valence-corrected chi connectivity index (χ3v) is 2.32. The van der Waals surface area contributed by atoms with Crippen molar-refractivity contribution in [2.75, 3.05) is 13.1 Å². The smallest absolute Gasteiger partial charge is 0.0310 e. The number of halogens is 2. The second-order valence-corrected chi connectivity index (χ2v) is 3.46. The van der Waals surface area contributed by atoms with Crippen LogP contribution in [0.25, 0.3) is 0 Å². The summed E-state index contributed by atoms with van der Waals surface area (Å²) in [5.41, 5.74) is 0.539. The fraction of sp³-hybridized carbons (Fsp3) is 1.00. The molecule has 0 radical (unpaired) electrons. The van der Waals surface area contributed by atoms with E-state index in [1.54, 1.807) is 0 Å². The van der Waals surface area contributed by atoms with Gasteiger partial charge in [0.2, 0.25) is 0 Å². The summed E-state index contributed by atoms with van der Waals surface area (Å²) in [5, 5.41) is 7.03. The molecule has 0 aromatic rings. The standard InChI is InChI=1S/C7H14N2.2ClH/c1-6-4-8-5-7(9-6)2-3-7;;/h6,8-9H,2-5H2,1H3;2*1H. The lowest BCUT2D eigenvalue weighted by Gasteiger charge is -2.29. The topological polar surface area (TPSA) is 24.1 Å². The number of rotatable bonds is 0. The highest BCUT2D eigenvalue weighted by molar-refractivity contribution is 5.85. The molecule has 1 saturated heterocycles. The summed E-state index contributed by atoms with van der Waals surface area (Å²) in [5.74, 6) is 0. The summed E-state index contributed by atoms with van der Waals surface area (Å²) < 4.78 is 0. The lowest BCUT2D eigenvalue weighted by atomic mass is 10.1. The first-order valence-electron chi connectivity index (χ1n) is 3.79. The minimum absolute atomic E-state index is 0. The maximum atomic E-state index is 3.60. The van der Waals surface area contributed by atoms with E-state index >= 15 is 0 Å². The summed E-state index contributed by atoms with van der Waals surface area (Å²) in [6.45, 7) is 4.57. The zero-order valence-electron chi connectivity index (χ0n) is 6.72. The van der Waals surface area contributed by atoms with E-state index in [2.05, 4.69) is 17.6 Å². The predicted octanol–water partition coefficient (Wildman–Crippen LogP) is 0.944. The van der Waals surface area contributed by atoms with Gasteiger partial charge in [0.05, 0.1) is 0 Å². The Morgan fingerprint density at radius 2 is 1.91 bits per heavy atom. The molecule has 1 atom stereocenters. The van der Waals surface area contributed by atoms with Crippen LogP contribution in [0.1, 0.15) is 19.8 Å². The van der Waals surface area contributed by atoms with Crippen LogP contribution in [0, 0.1) is 0 Å². The third-order valence-electron chi connectivity index (χ3n) is 2.32. The Labute approximate surface area is 80.3 Å². The SMILES string of the molecule is CC1CNCC2(CC2)N1.Cl.Cl. The molecule has 2 fully saturated rings. The predicted molar refractivity (Wildman–Crippen MR) is 51.9 cm³/mol. The first-order valence-corrected chi connectivity index (χ1v) is 3.79. The van der Waals surface area contributed by atoms with E-state index in [9.17, 15) is 0 Å². The van der Waals surface area contributed by atoms with Gasteiger partial charge in [0.25, 0.3) is 0 Å². The molecule has 0 bridgehead atoms. The molecular weight excluding hydrogens is 183 g/mol. The number of hydrogen-bond acceptors (Lipinski definition) is 2. The van der Waals surface area contributed by atoms with E-state index in [0.29, 0.717) is 11.6 Å². The average Bonchev–Trinajstić information content (AvgIpc) is 2.49. The highest BCUT2D eigenvalue weighted by atomic mass is 35.5. The highest BCUT2D eigenvalue weighted by Gasteiger charge is 2.44. The van der Waals surface area contributed by atoms with Gasteiger partial charge >= 0.3 is 0 Å². The maximum absolute atomic E-state index is 3.60. The van der Waals surface area contributed by atoms with Gasteiger partial charge in [-0.05, 0) is 19.8 Å². The van der Waals surface area contributed by atoms with Crippen LogP contribution in [0.4, 0.5) is 0 Å². The summed E-state index contributed by atoms with van der Waals surface area (Å²) in [7, 11) is 0. The van der Waals surface area contributed by atoms with Gasteiger partial charge in [-0.25, -0.2) is 0 Å². The van der Waals surface area contributed by atoms with Crippen LogP contribution < -0.4 is 10.6 Å². The number of hydrogen-bond donors (Lipinski definition) is 2. The molecule has 1 aliphatic carbocycles. The van der Waals surface area contributed by atoms with E-state index < -0.39 is 0 Å². The van der Waals surface area contributed by atoms with Gasteiger partial charge in [-0.15, -0.1) is 24.8 Å². The fourth-order valence-corrected chi connectivity index (χ4v) is 1.62. The second kappa shape index (κ2) is 3.94. The molecule has 2 nitrogen and oxygen atoms in total. The van der Waals surface area contributed by atoms with Crippen molar-refractivity contribution in [3.8, 4) is 0 Å². The van der Waals surface area contributed by atoms with Gasteiger partial charge in [-0.2, -0.15) is 0 Å². The van der Waals surface area contributed by atoms with E-state index in [1.165, 1.54) is 19.4 Å². The Morgan fingerprint density at radius 1 is 1.27 bits per heavy atom. The molecule has 1 spiro atoms. The van der Waals surface area contributed by atoms with Crippen molar-refractivity contribution < 1.29 is 0 Å². The molecule has 1 aliphatic heterocycles. The van der Waals surface area contributed by atoms with E-state index in [1.807, 2.05) is 0 Å². The van der Waals surface area contributed by atoms with Crippen molar-refractivity contribution >= 4 is 24.8 Å². The molecule has 2 aliphatic rings. The molecule has 4 heteroatoms. The van der Waals surface area contributed by atoms with E-state index in [0.717, 1.165) is 6.54 Å². The maximum Gasteiger partial charge on any atom is 0.0310 e. The first kappa shape index (κ1) is 11.5. The van der Waals surface area contributed by atoms with Gasteiger partial charge < -0.3 is 10.6 Å². The molecule has 0 amide bonds. The minimum atomic E-state index is 0. The minimum Gasteiger partial charge on any atom is -0.313 e. The molecule has 1 unspecified atom stereocenters. The molecule has 11 heavy (non-hydrogen) atoms. The fourth-order valence-electron chi connectivity index (χ4n) is 1.62. The normalized spacial score (nSPS) is 31.9. The Bertz CT molecular complexity index is 126. The van der Waals surface area contributed by atoms with Gasteiger partial charge in [0.15, 0.2) is 0 Å². The molecular formula is C7H16Cl2N2. The zero-order valence-corrected chi connectivity index (χ0v) is 8.36. The summed E-state index contributed by atoms with van der Waals surface area (Å²) in [4.78, 5) is 0. The first-order chi connectivity index (χ1) is 4.31. The number of piperazine rings is 1. The van der Waals surface area contributed by atoms with Gasteiger partial charge in [-0.1, -0.05) is 0 Å². The van der Waals surface area contributed by atoms with Crippen LogP contribution in [0.5, 0.6) is 0 Å². The van der Waals surface area contributed by atoms with Gasteiger partial charge in [0, 0.05) is 24.7 Å². The van der Waals surface area contributed by atoms with E-state index in [-0.39, 0.29) is 24.8 Å². The van der Waals surface area contributed by atoms with Crippen LogP contribution in [0.15, 0.2) is 0 Å². The Hall–Kier alpha value is 0.500. The summed E-state index contributed by atoms with van der Waals surface area (Å²) >= 11 is 0. The van der Waals surface area contributed by atoms with Crippen molar-refractivity contribution in [2.45, 2.75) is 31.3 Å². The Balaban J connectivity index is 0.000000500. The molecule has 2 rings (SSSR count). The lowest BCUT2D eigenvalue weighted by Crippen LogP contribution is -2.55. The van der Waals surface area contributed by atoms with E-state index in [4.69, 9.17) is 0 Å². The summed E-state index contributed by atoms with van der Waals surface area (Å²) in [6.07, 6.45) is 2.76. The Kier molecular flexibility index (Phi) is 4.12. The van der Waals surface area contributed by atoms with Crippen LogP contribution in [-0.4, -0.2) is 24.7 Å². The van der Waals surface area contributed by atoms with Crippen molar-refractivity contribution in [1.82, 2.24) is 10.6 Å². The van der Waals surface area contributed by atoms with Crippen LogP contribution in [0.3, 0.4) is 0 Å². The van der Waals surface area contributed by atoms with Crippen molar-refractivity contribution in [1.29, 1.82) is 0 Å². The summed E-state index contributed by atoms with van der Waals surface area (Å²) in [6, 6.07) is 0.682.